The molecule has 0 spiro atoms. The molecular weight excluding hydrogens is 338 g/mol. The van der Waals surface area contributed by atoms with Gasteiger partial charge < -0.3 is 20.2 Å². The first-order valence-electron chi connectivity index (χ1n) is 10.7. The third-order valence-corrected chi connectivity index (χ3v) is 6.82. The molecule has 0 saturated carbocycles. The Hall–Kier alpha value is -1.59. The highest BCUT2D eigenvalue weighted by Gasteiger charge is 2.49. The number of carbonyl (C=O) groups is 1. The van der Waals surface area contributed by atoms with Crippen molar-refractivity contribution in [2.45, 2.75) is 51.5 Å². The van der Waals surface area contributed by atoms with Crippen molar-refractivity contribution in [3.63, 3.8) is 0 Å². The minimum atomic E-state index is -0.156. The zero-order valence-electron chi connectivity index (χ0n) is 16.5. The number of aliphatic hydroxyl groups is 1. The molecule has 27 heavy (non-hydrogen) atoms. The van der Waals surface area contributed by atoms with Crippen molar-refractivity contribution in [2.24, 2.45) is 5.41 Å². The Bertz CT molecular complexity index is 692. The lowest BCUT2D eigenvalue weighted by Gasteiger charge is -2.54. The average molecular weight is 372 g/mol. The number of nitrogens with one attached hydrogen (secondary N) is 1. The summed E-state index contributed by atoms with van der Waals surface area (Å²) >= 11 is 0. The van der Waals surface area contributed by atoms with E-state index in [0.29, 0.717) is 0 Å². The van der Waals surface area contributed by atoms with Crippen molar-refractivity contribution in [1.82, 2.24) is 9.80 Å². The van der Waals surface area contributed by atoms with Gasteiger partial charge in [-0.2, -0.15) is 0 Å². The van der Waals surface area contributed by atoms with Crippen LogP contribution >= 0.6 is 0 Å². The Morgan fingerprint density at radius 3 is 3.04 bits per heavy atom. The van der Waals surface area contributed by atoms with Crippen molar-refractivity contribution in [2.75, 3.05) is 44.6 Å². The summed E-state index contributed by atoms with van der Waals surface area (Å²) in [6.45, 7) is 7.24. The minimum absolute atomic E-state index is 0.148. The molecule has 0 bridgehead atoms. The van der Waals surface area contributed by atoms with Gasteiger partial charge in [0.2, 0.25) is 0 Å². The average Bonchev–Trinajstić information content (AvgIpc) is 2.72. The summed E-state index contributed by atoms with van der Waals surface area (Å²) in [4.78, 5) is 18.0. The molecule has 5 heteroatoms. The maximum absolute atomic E-state index is 13.4. The van der Waals surface area contributed by atoms with Crippen LogP contribution in [0.1, 0.15) is 54.9 Å². The van der Waals surface area contributed by atoms with E-state index in [2.05, 4.69) is 34.2 Å². The number of fused-ring (bicyclic) bond motifs is 2. The van der Waals surface area contributed by atoms with E-state index in [1.807, 2.05) is 6.07 Å². The van der Waals surface area contributed by atoms with Crippen LogP contribution in [0, 0.1) is 5.41 Å². The molecule has 5 nitrogen and oxygen atoms in total. The van der Waals surface area contributed by atoms with E-state index in [1.54, 1.807) is 0 Å². The van der Waals surface area contributed by atoms with E-state index >= 15 is 0 Å². The largest absolute Gasteiger partial charge is 0.396 e. The Labute approximate surface area is 162 Å². The molecule has 2 N–H and O–H groups in total. The molecule has 1 aromatic carbocycles. The Kier molecular flexibility index (Phi) is 5.42. The van der Waals surface area contributed by atoms with Gasteiger partial charge in [-0.3, -0.25) is 4.79 Å². The third-order valence-electron chi connectivity index (χ3n) is 6.82. The lowest BCUT2D eigenvalue weighted by molar-refractivity contribution is -0.0665. The second kappa shape index (κ2) is 7.80. The third kappa shape index (κ3) is 3.47. The molecule has 2 fully saturated rings. The van der Waals surface area contributed by atoms with Crippen molar-refractivity contribution < 1.29 is 9.90 Å². The van der Waals surface area contributed by atoms with E-state index in [9.17, 15) is 9.90 Å². The van der Waals surface area contributed by atoms with Crippen molar-refractivity contribution in [3.05, 3.63) is 29.3 Å². The highest BCUT2D eigenvalue weighted by atomic mass is 16.3. The van der Waals surface area contributed by atoms with Crippen LogP contribution in [-0.2, 0) is 6.42 Å². The number of piperidine rings is 2. The van der Waals surface area contributed by atoms with Gasteiger partial charge in [-0.25, -0.2) is 0 Å². The number of benzene rings is 1. The maximum Gasteiger partial charge on any atom is 0.254 e. The van der Waals surface area contributed by atoms with Gasteiger partial charge in [0.15, 0.2) is 0 Å². The topological polar surface area (TPSA) is 55.8 Å². The van der Waals surface area contributed by atoms with E-state index < -0.39 is 0 Å². The molecule has 1 amide bonds. The second-order valence-corrected chi connectivity index (χ2v) is 8.61. The Morgan fingerprint density at radius 2 is 2.22 bits per heavy atom. The summed E-state index contributed by atoms with van der Waals surface area (Å²) in [7, 11) is 0. The lowest BCUT2D eigenvalue weighted by Crippen LogP contribution is -2.63. The van der Waals surface area contributed by atoms with Gasteiger partial charge >= 0.3 is 0 Å². The second-order valence-electron chi connectivity index (χ2n) is 8.61. The predicted octanol–water partition coefficient (Wildman–Crippen LogP) is 2.74. The van der Waals surface area contributed by atoms with Crippen LogP contribution < -0.4 is 5.32 Å². The molecule has 3 aliphatic heterocycles. The normalized spacial score (nSPS) is 28.2. The standard InChI is InChI=1S/C22H33N3O2/c1-2-11-24-13-8-20-22(15-24,16-26)9-4-12-25(20)21(27)18-6-7-19-17(14-18)5-3-10-23-19/h6-7,14,20,23,26H,2-5,8-13,15-16H2,1H3/t20-,22-/m1/s1. The smallest absolute Gasteiger partial charge is 0.254 e. The number of aliphatic hydroxyl groups excluding tert-OH is 1. The minimum Gasteiger partial charge on any atom is -0.396 e. The predicted molar refractivity (Wildman–Crippen MR) is 108 cm³/mol. The first-order valence-corrected chi connectivity index (χ1v) is 10.7. The Balaban J connectivity index is 1.57. The number of hydrogen-bond donors (Lipinski definition) is 2. The fourth-order valence-corrected chi connectivity index (χ4v) is 5.49. The summed E-state index contributed by atoms with van der Waals surface area (Å²) in [5, 5.41) is 13.7. The maximum atomic E-state index is 13.4. The number of aryl methyl sites for hydroxylation is 1. The Morgan fingerprint density at radius 1 is 1.33 bits per heavy atom. The van der Waals surface area contributed by atoms with E-state index in [-0.39, 0.29) is 24.0 Å². The highest BCUT2D eigenvalue weighted by molar-refractivity contribution is 5.95. The fourth-order valence-electron chi connectivity index (χ4n) is 5.49. The molecule has 0 aliphatic carbocycles. The van der Waals surface area contributed by atoms with Crippen LogP contribution in [0.3, 0.4) is 0 Å². The number of likely N-dealkylation sites (tertiary alicyclic amines) is 2. The number of hydrogen-bond acceptors (Lipinski definition) is 4. The highest BCUT2D eigenvalue weighted by Crippen LogP contribution is 2.42. The molecule has 3 aliphatic rings. The SMILES string of the molecule is CCCN1CC[C@H]2N(C(=O)c3ccc4c(c3)CCCN4)CCC[C@]2(CO)C1. The summed E-state index contributed by atoms with van der Waals surface area (Å²) in [6.07, 6.45) is 6.27. The fraction of sp³-hybridized carbons (Fsp3) is 0.682. The van der Waals surface area contributed by atoms with Gasteiger partial charge in [-0.05, 0) is 68.8 Å². The monoisotopic (exact) mass is 371 g/mol. The zero-order chi connectivity index (χ0) is 18.9. The van der Waals surface area contributed by atoms with E-state index in [1.165, 1.54) is 11.3 Å². The molecule has 1 aromatic rings. The zero-order valence-corrected chi connectivity index (χ0v) is 16.5. The quantitative estimate of drug-likeness (QED) is 0.855. The van der Waals surface area contributed by atoms with Gasteiger partial charge in [0, 0.05) is 48.9 Å². The van der Waals surface area contributed by atoms with Crippen LogP contribution in [0.15, 0.2) is 18.2 Å². The van der Waals surface area contributed by atoms with Crippen molar-refractivity contribution in [3.8, 4) is 0 Å². The van der Waals surface area contributed by atoms with Crippen LogP contribution in [0.5, 0.6) is 0 Å². The number of amides is 1. The summed E-state index contributed by atoms with van der Waals surface area (Å²) in [5.41, 5.74) is 3.09. The van der Waals surface area contributed by atoms with Crippen molar-refractivity contribution >= 4 is 11.6 Å². The summed E-state index contributed by atoms with van der Waals surface area (Å²) < 4.78 is 0. The molecule has 2 saturated heterocycles. The molecule has 0 radical (unpaired) electrons. The molecule has 0 aromatic heterocycles. The molecular formula is C22H33N3O2. The van der Waals surface area contributed by atoms with Crippen LogP contribution in [0.4, 0.5) is 5.69 Å². The molecule has 2 atom stereocenters. The summed E-state index contributed by atoms with van der Waals surface area (Å²) in [5.74, 6) is 0.148. The van der Waals surface area contributed by atoms with Crippen LogP contribution in [0.2, 0.25) is 0 Å². The van der Waals surface area contributed by atoms with Crippen molar-refractivity contribution in [1.29, 1.82) is 0 Å². The first kappa shape index (κ1) is 18.8. The number of anilines is 1. The number of carbonyl (C=O) groups excluding carboxylic acids is 1. The molecule has 148 valence electrons. The van der Waals surface area contributed by atoms with Gasteiger partial charge in [-0.15, -0.1) is 0 Å². The van der Waals surface area contributed by atoms with Crippen LogP contribution in [0.25, 0.3) is 0 Å². The lowest BCUT2D eigenvalue weighted by atomic mass is 9.69. The van der Waals surface area contributed by atoms with E-state index in [4.69, 9.17) is 0 Å². The molecule has 4 rings (SSSR count). The van der Waals surface area contributed by atoms with Gasteiger partial charge in [-0.1, -0.05) is 6.92 Å². The summed E-state index contributed by atoms with van der Waals surface area (Å²) in [6, 6.07) is 6.28. The molecule has 0 unspecified atom stereocenters. The van der Waals surface area contributed by atoms with Crippen LogP contribution in [-0.4, -0.2) is 66.2 Å². The van der Waals surface area contributed by atoms with Gasteiger partial charge in [0.1, 0.15) is 0 Å². The number of nitrogens with zero attached hydrogens (tertiary/aromatic N) is 2. The molecule has 3 heterocycles. The number of rotatable bonds is 4. The van der Waals surface area contributed by atoms with Gasteiger partial charge in [0.05, 0.1) is 6.61 Å². The van der Waals surface area contributed by atoms with E-state index in [0.717, 1.165) is 76.8 Å². The first-order chi connectivity index (χ1) is 13.2. The van der Waals surface area contributed by atoms with Gasteiger partial charge in [0.25, 0.3) is 5.91 Å².